The molecule has 8 heteroatoms. The first-order valence-electron chi connectivity index (χ1n) is 5.26. The first-order chi connectivity index (χ1) is 8.58. The third kappa shape index (κ3) is 1.32. The second kappa shape index (κ2) is 3.42. The summed E-state index contributed by atoms with van der Waals surface area (Å²) < 4.78 is 2.53. The topological polar surface area (TPSA) is 101 Å². The molecule has 0 amide bonds. The zero-order valence-corrected chi connectivity index (χ0v) is 9.75. The lowest BCUT2D eigenvalue weighted by atomic mass is 10.4. The first-order valence-corrected chi connectivity index (χ1v) is 5.26. The number of aromatic hydroxyl groups is 1. The van der Waals surface area contributed by atoms with Crippen LogP contribution in [0.25, 0.3) is 11.5 Å². The number of aromatic amines is 1. The van der Waals surface area contributed by atoms with Gasteiger partial charge in [-0.05, 0) is 19.9 Å². The summed E-state index contributed by atoms with van der Waals surface area (Å²) in [5.74, 6) is -0.111. The standard InChI is InChI=1S/C10H10N6O2/c1-5-3-6(2)15(14-5)7-8(17)13-10-11-4-12-16(10)9(7)18/h3-4,18H,1-2H3,(H,11,12,13,17). The quantitative estimate of drug-likeness (QED) is 0.625. The van der Waals surface area contributed by atoms with E-state index in [4.69, 9.17) is 0 Å². The van der Waals surface area contributed by atoms with Gasteiger partial charge in [0, 0.05) is 5.69 Å². The molecule has 0 unspecified atom stereocenters. The van der Waals surface area contributed by atoms with Crippen LogP contribution in [0.1, 0.15) is 11.4 Å². The number of aryl methyl sites for hydroxylation is 2. The van der Waals surface area contributed by atoms with E-state index in [1.54, 1.807) is 6.92 Å². The number of aromatic nitrogens is 6. The van der Waals surface area contributed by atoms with Crippen molar-refractivity contribution in [3.05, 3.63) is 34.1 Å². The highest BCUT2D eigenvalue weighted by Gasteiger charge is 2.17. The summed E-state index contributed by atoms with van der Waals surface area (Å²) in [4.78, 5) is 18.3. The van der Waals surface area contributed by atoms with Gasteiger partial charge >= 0.3 is 0 Å². The molecule has 2 N–H and O–H groups in total. The van der Waals surface area contributed by atoms with E-state index >= 15 is 0 Å². The van der Waals surface area contributed by atoms with Crippen LogP contribution < -0.4 is 5.56 Å². The molecular weight excluding hydrogens is 236 g/mol. The second-order valence-corrected chi connectivity index (χ2v) is 3.96. The fraction of sp³-hybridized carbons (Fsp3) is 0.200. The SMILES string of the molecule is Cc1cc(C)n(-c2c(O)n3ncnc3[nH]c2=O)n1. The maximum Gasteiger partial charge on any atom is 0.282 e. The van der Waals surface area contributed by atoms with E-state index in [-0.39, 0.29) is 17.3 Å². The van der Waals surface area contributed by atoms with E-state index in [0.29, 0.717) is 0 Å². The molecular formula is C10H10N6O2. The monoisotopic (exact) mass is 246 g/mol. The van der Waals surface area contributed by atoms with Crippen molar-refractivity contribution in [3.63, 3.8) is 0 Å². The molecule has 0 bridgehead atoms. The number of nitrogens with zero attached hydrogens (tertiary/aromatic N) is 5. The Morgan fingerprint density at radius 1 is 1.39 bits per heavy atom. The van der Waals surface area contributed by atoms with Crippen molar-refractivity contribution in [1.82, 2.24) is 29.4 Å². The van der Waals surface area contributed by atoms with Gasteiger partial charge in [-0.2, -0.15) is 19.7 Å². The maximum atomic E-state index is 12.0. The molecule has 0 radical (unpaired) electrons. The Labute approximate surface area is 101 Å². The molecule has 8 nitrogen and oxygen atoms in total. The van der Waals surface area contributed by atoms with Crippen LogP contribution in [-0.2, 0) is 0 Å². The molecule has 3 heterocycles. The molecule has 3 rings (SSSR count). The van der Waals surface area contributed by atoms with Gasteiger partial charge in [-0.25, -0.2) is 4.68 Å². The molecule has 0 spiro atoms. The summed E-state index contributed by atoms with van der Waals surface area (Å²) in [5.41, 5.74) is 1.05. The minimum absolute atomic E-state index is 0.0265. The Morgan fingerprint density at radius 3 is 2.83 bits per heavy atom. The lowest BCUT2D eigenvalue weighted by Crippen LogP contribution is -2.19. The molecule has 3 aromatic heterocycles. The van der Waals surface area contributed by atoms with Gasteiger partial charge in [0.05, 0.1) is 5.69 Å². The maximum absolute atomic E-state index is 12.0. The fourth-order valence-electron chi connectivity index (χ4n) is 1.89. The van der Waals surface area contributed by atoms with Crippen LogP contribution in [0.4, 0.5) is 0 Å². The summed E-state index contributed by atoms with van der Waals surface area (Å²) in [5, 5.41) is 18.1. The molecule has 0 saturated heterocycles. The highest BCUT2D eigenvalue weighted by atomic mass is 16.3. The summed E-state index contributed by atoms with van der Waals surface area (Å²) in [6.45, 7) is 3.60. The molecule has 0 saturated carbocycles. The molecule has 0 aromatic carbocycles. The van der Waals surface area contributed by atoms with Gasteiger partial charge in [-0.1, -0.05) is 0 Å². The molecule has 0 aliphatic rings. The highest BCUT2D eigenvalue weighted by Crippen LogP contribution is 2.18. The molecule has 0 aliphatic carbocycles. The van der Waals surface area contributed by atoms with E-state index in [1.165, 1.54) is 11.0 Å². The van der Waals surface area contributed by atoms with E-state index in [2.05, 4.69) is 20.2 Å². The van der Waals surface area contributed by atoms with E-state index in [0.717, 1.165) is 15.9 Å². The second-order valence-electron chi connectivity index (χ2n) is 3.96. The zero-order valence-electron chi connectivity index (χ0n) is 9.75. The van der Waals surface area contributed by atoms with Crippen LogP contribution in [0.2, 0.25) is 0 Å². The van der Waals surface area contributed by atoms with Crippen LogP contribution in [0.15, 0.2) is 17.2 Å². The number of nitrogens with one attached hydrogen (secondary N) is 1. The average Bonchev–Trinajstić information content (AvgIpc) is 2.86. The predicted octanol–water partition coefficient (Wildman–Crippen LogP) is -0.0743. The minimum Gasteiger partial charge on any atom is -0.491 e. The van der Waals surface area contributed by atoms with Gasteiger partial charge in [0.2, 0.25) is 11.7 Å². The minimum atomic E-state index is -0.473. The molecule has 0 aliphatic heterocycles. The highest BCUT2D eigenvalue weighted by molar-refractivity contribution is 5.45. The van der Waals surface area contributed by atoms with E-state index < -0.39 is 5.56 Å². The van der Waals surface area contributed by atoms with Crippen LogP contribution in [0, 0.1) is 13.8 Å². The summed E-state index contributed by atoms with van der Waals surface area (Å²) in [6, 6.07) is 1.81. The lowest BCUT2D eigenvalue weighted by molar-refractivity contribution is 0.428. The van der Waals surface area contributed by atoms with Gasteiger partial charge < -0.3 is 5.11 Å². The smallest absolute Gasteiger partial charge is 0.282 e. The average molecular weight is 246 g/mol. The first kappa shape index (κ1) is 10.5. The number of hydrogen-bond donors (Lipinski definition) is 2. The van der Waals surface area contributed by atoms with Crippen LogP contribution in [0.3, 0.4) is 0 Å². The largest absolute Gasteiger partial charge is 0.491 e. The van der Waals surface area contributed by atoms with Crippen molar-refractivity contribution >= 4 is 5.78 Å². The van der Waals surface area contributed by atoms with Crippen molar-refractivity contribution in [2.45, 2.75) is 13.8 Å². The van der Waals surface area contributed by atoms with Gasteiger partial charge in [0.15, 0.2) is 5.69 Å². The van der Waals surface area contributed by atoms with Crippen molar-refractivity contribution in [3.8, 4) is 11.6 Å². The van der Waals surface area contributed by atoms with Crippen LogP contribution in [0.5, 0.6) is 5.88 Å². The van der Waals surface area contributed by atoms with Gasteiger partial charge in [-0.15, -0.1) is 0 Å². The van der Waals surface area contributed by atoms with Crippen molar-refractivity contribution in [1.29, 1.82) is 0 Å². The molecule has 3 aromatic rings. The predicted molar refractivity (Wildman–Crippen MR) is 61.9 cm³/mol. The van der Waals surface area contributed by atoms with E-state index in [1.807, 2.05) is 13.0 Å². The third-order valence-corrected chi connectivity index (χ3v) is 2.62. The summed E-state index contributed by atoms with van der Waals surface area (Å²) in [7, 11) is 0. The van der Waals surface area contributed by atoms with Crippen molar-refractivity contribution in [2.24, 2.45) is 0 Å². The number of rotatable bonds is 1. The Bertz CT molecular complexity index is 796. The van der Waals surface area contributed by atoms with Crippen molar-refractivity contribution in [2.75, 3.05) is 0 Å². The van der Waals surface area contributed by atoms with E-state index in [9.17, 15) is 9.90 Å². The Hall–Kier alpha value is -2.64. The number of H-pyrrole nitrogens is 1. The van der Waals surface area contributed by atoms with Gasteiger partial charge in [0.25, 0.3) is 5.56 Å². The third-order valence-electron chi connectivity index (χ3n) is 2.62. The van der Waals surface area contributed by atoms with Gasteiger partial charge in [0.1, 0.15) is 6.33 Å². The zero-order chi connectivity index (χ0) is 12.9. The Morgan fingerprint density at radius 2 is 2.17 bits per heavy atom. The molecule has 0 atom stereocenters. The lowest BCUT2D eigenvalue weighted by Gasteiger charge is -2.06. The summed E-state index contributed by atoms with van der Waals surface area (Å²) in [6.07, 6.45) is 1.25. The summed E-state index contributed by atoms with van der Waals surface area (Å²) >= 11 is 0. The van der Waals surface area contributed by atoms with Crippen LogP contribution >= 0.6 is 0 Å². The molecule has 92 valence electrons. The Kier molecular flexibility index (Phi) is 2.00. The normalized spacial score (nSPS) is 11.2. The molecule has 0 fully saturated rings. The number of fused-ring (bicyclic) bond motifs is 1. The Balaban J connectivity index is 2.41. The fourth-order valence-corrected chi connectivity index (χ4v) is 1.89. The number of hydrogen-bond acceptors (Lipinski definition) is 5. The van der Waals surface area contributed by atoms with Crippen LogP contribution in [-0.4, -0.2) is 34.5 Å². The van der Waals surface area contributed by atoms with Gasteiger partial charge in [-0.3, -0.25) is 9.78 Å². The molecule has 18 heavy (non-hydrogen) atoms. The van der Waals surface area contributed by atoms with Crippen molar-refractivity contribution < 1.29 is 5.11 Å².